The van der Waals surface area contributed by atoms with Gasteiger partial charge in [-0.05, 0) is 0 Å². The standard InChI is InChI=1S/C13H18Cl2O8/c1-7(16)23-8-6-11(14,9(17)19-2)13(21-4,22-5)12(8,15)10(18)20-3/h8H,6H2,1-5H3/t8-,11+,12-/m1/s1. The molecular weight excluding hydrogens is 355 g/mol. The van der Waals surface area contributed by atoms with Crippen molar-refractivity contribution in [3.05, 3.63) is 0 Å². The molecule has 0 aromatic rings. The zero-order chi connectivity index (χ0) is 18.1. The molecule has 1 rings (SSSR count). The first kappa shape index (κ1) is 20.0. The van der Waals surface area contributed by atoms with Crippen LogP contribution in [0.4, 0.5) is 0 Å². The van der Waals surface area contributed by atoms with Crippen molar-refractivity contribution in [2.75, 3.05) is 28.4 Å². The van der Waals surface area contributed by atoms with Gasteiger partial charge in [-0.3, -0.25) is 4.79 Å². The second kappa shape index (κ2) is 6.80. The third-order valence-corrected chi connectivity index (χ3v) is 4.99. The lowest BCUT2D eigenvalue weighted by Crippen LogP contribution is -2.67. The smallest absolute Gasteiger partial charge is 0.336 e. The number of carbonyl (C=O) groups is 3. The van der Waals surface area contributed by atoms with E-state index in [0.717, 1.165) is 35.4 Å². The second-order valence-corrected chi connectivity index (χ2v) is 6.06. The fourth-order valence-corrected chi connectivity index (χ4v) is 3.94. The Hall–Kier alpha value is -1.09. The maximum atomic E-state index is 12.3. The van der Waals surface area contributed by atoms with Gasteiger partial charge >= 0.3 is 17.9 Å². The van der Waals surface area contributed by atoms with E-state index < -0.39 is 39.5 Å². The minimum Gasteiger partial charge on any atom is -0.468 e. The van der Waals surface area contributed by atoms with E-state index in [9.17, 15) is 14.4 Å². The Balaban J connectivity index is 3.65. The molecular formula is C13H18Cl2O8. The van der Waals surface area contributed by atoms with E-state index in [1.165, 1.54) is 0 Å². The van der Waals surface area contributed by atoms with Crippen LogP contribution in [0.2, 0.25) is 0 Å². The molecule has 0 aromatic carbocycles. The molecule has 132 valence electrons. The van der Waals surface area contributed by atoms with Crippen LogP contribution in [0, 0.1) is 0 Å². The highest BCUT2D eigenvalue weighted by molar-refractivity contribution is 6.41. The number of hydrogen-bond donors (Lipinski definition) is 0. The van der Waals surface area contributed by atoms with Crippen molar-refractivity contribution in [3.63, 3.8) is 0 Å². The van der Waals surface area contributed by atoms with E-state index in [2.05, 4.69) is 9.47 Å². The van der Waals surface area contributed by atoms with E-state index in [4.69, 9.17) is 37.4 Å². The summed E-state index contributed by atoms with van der Waals surface area (Å²) in [7, 11) is 4.44. The molecule has 0 heterocycles. The van der Waals surface area contributed by atoms with Crippen LogP contribution >= 0.6 is 23.2 Å². The SMILES string of the molecule is COC(=O)[C@@]1(Cl)C[C@@H](OC(C)=O)[C@@](Cl)(C(=O)OC)C1(OC)OC. The highest BCUT2D eigenvalue weighted by Gasteiger charge is 2.81. The van der Waals surface area contributed by atoms with Crippen molar-refractivity contribution in [2.45, 2.75) is 35.0 Å². The van der Waals surface area contributed by atoms with E-state index >= 15 is 0 Å². The summed E-state index contributed by atoms with van der Waals surface area (Å²) in [6, 6.07) is 0. The molecule has 23 heavy (non-hydrogen) atoms. The molecule has 8 nitrogen and oxygen atoms in total. The molecule has 3 atom stereocenters. The average molecular weight is 373 g/mol. The lowest BCUT2D eigenvalue weighted by Gasteiger charge is -2.43. The predicted octanol–water partition coefficient (Wildman–Crippen LogP) is 0.612. The number of ether oxygens (including phenoxy) is 5. The Morgan fingerprint density at radius 2 is 1.43 bits per heavy atom. The number of carbonyl (C=O) groups excluding carboxylic acids is 3. The Kier molecular flexibility index (Phi) is 5.90. The minimum atomic E-state index is -2.23. The lowest BCUT2D eigenvalue weighted by atomic mass is 9.93. The van der Waals surface area contributed by atoms with Crippen molar-refractivity contribution in [1.29, 1.82) is 0 Å². The first-order chi connectivity index (χ1) is 10.6. The number of alkyl halides is 2. The Morgan fingerprint density at radius 1 is 0.957 bits per heavy atom. The van der Waals surface area contributed by atoms with Gasteiger partial charge in [0.25, 0.3) is 0 Å². The molecule has 10 heteroatoms. The molecule has 0 radical (unpaired) electrons. The molecule has 1 saturated carbocycles. The summed E-state index contributed by atoms with van der Waals surface area (Å²) in [5.74, 6) is -4.95. The first-order valence-electron chi connectivity index (χ1n) is 6.43. The van der Waals surface area contributed by atoms with Crippen LogP contribution in [-0.2, 0) is 38.1 Å². The van der Waals surface area contributed by atoms with Crippen LogP contribution in [0.25, 0.3) is 0 Å². The maximum Gasteiger partial charge on any atom is 0.336 e. The molecule has 1 aliphatic carbocycles. The maximum absolute atomic E-state index is 12.3. The van der Waals surface area contributed by atoms with Crippen LogP contribution in [0.15, 0.2) is 0 Å². The van der Waals surface area contributed by atoms with Gasteiger partial charge in [0, 0.05) is 27.6 Å². The van der Waals surface area contributed by atoms with Crippen molar-refractivity contribution >= 4 is 41.1 Å². The molecule has 0 unspecified atom stereocenters. The van der Waals surface area contributed by atoms with Gasteiger partial charge in [0.05, 0.1) is 14.2 Å². The molecule has 0 amide bonds. The quantitative estimate of drug-likeness (QED) is 0.299. The van der Waals surface area contributed by atoms with Crippen LogP contribution in [0.3, 0.4) is 0 Å². The molecule has 1 aliphatic rings. The zero-order valence-corrected chi connectivity index (χ0v) is 14.8. The topological polar surface area (TPSA) is 97.4 Å². The van der Waals surface area contributed by atoms with E-state index in [0.29, 0.717) is 0 Å². The van der Waals surface area contributed by atoms with Gasteiger partial charge in [0.15, 0.2) is 0 Å². The summed E-state index contributed by atoms with van der Waals surface area (Å²) in [6.45, 7) is 1.11. The van der Waals surface area contributed by atoms with Crippen molar-refractivity contribution < 1.29 is 38.1 Å². The second-order valence-electron chi connectivity index (χ2n) is 4.82. The minimum absolute atomic E-state index is 0.388. The summed E-state index contributed by atoms with van der Waals surface area (Å²) in [6.07, 6.45) is -1.74. The summed E-state index contributed by atoms with van der Waals surface area (Å²) in [5.41, 5.74) is 0. The van der Waals surface area contributed by atoms with E-state index in [-0.39, 0.29) is 6.42 Å². The molecule has 0 saturated heterocycles. The Morgan fingerprint density at radius 3 is 1.78 bits per heavy atom. The molecule has 0 spiro atoms. The van der Waals surface area contributed by atoms with Gasteiger partial charge in [-0.15, -0.1) is 11.6 Å². The van der Waals surface area contributed by atoms with Crippen LogP contribution in [-0.4, -0.2) is 68.0 Å². The number of halogens is 2. The molecule has 0 N–H and O–H groups in total. The van der Waals surface area contributed by atoms with Gasteiger partial charge in [0.2, 0.25) is 15.5 Å². The molecule has 0 aliphatic heterocycles. The number of methoxy groups -OCH3 is 4. The van der Waals surface area contributed by atoms with Gasteiger partial charge in [-0.1, -0.05) is 11.6 Å². The summed E-state index contributed by atoms with van der Waals surface area (Å²) in [4.78, 5) is 31.7. The van der Waals surface area contributed by atoms with Crippen molar-refractivity contribution in [1.82, 2.24) is 0 Å². The highest BCUT2D eigenvalue weighted by atomic mass is 35.5. The van der Waals surface area contributed by atoms with Crippen LogP contribution < -0.4 is 0 Å². The number of rotatable bonds is 5. The molecule has 0 bridgehead atoms. The van der Waals surface area contributed by atoms with Gasteiger partial charge in [-0.25, -0.2) is 9.59 Å². The number of esters is 3. The Bertz CT molecular complexity index is 506. The molecule has 1 fully saturated rings. The van der Waals surface area contributed by atoms with Gasteiger partial charge in [0.1, 0.15) is 6.10 Å². The first-order valence-corrected chi connectivity index (χ1v) is 7.19. The number of hydrogen-bond acceptors (Lipinski definition) is 8. The van der Waals surface area contributed by atoms with E-state index in [1.807, 2.05) is 0 Å². The fraction of sp³-hybridized carbons (Fsp3) is 0.769. The van der Waals surface area contributed by atoms with Crippen LogP contribution in [0.1, 0.15) is 13.3 Å². The largest absolute Gasteiger partial charge is 0.468 e. The third kappa shape index (κ3) is 2.57. The van der Waals surface area contributed by atoms with Gasteiger partial charge in [-0.2, -0.15) is 0 Å². The van der Waals surface area contributed by atoms with Crippen molar-refractivity contribution in [3.8, 4) is 0 Å². The summed E-state index contributed by atoms with van der Waals surface area (Å²) >= 11 is 12.8. The third-order valence-electron chi connectivity index (χ3n) is 3.79. The summed E-state index contributed by atoms with van der Waals surface area (Å²) < 4.78 is 24.9. The monoisotopic (exact) mass is 372 g/mol. The Labute approximate surface area is 143 Å². The highest BCUT2D eigenvalue weighted by Crippen LogP contribution is 2.58. The van der Waals surface area contributed by atoms with E-state index in [1.54, 1.807) is 0 Å². The normalized spacial score (nSPS) is 32.2. The zero-order valence-electron chi connectivity index (χ0n) is 13.3. The lowest BCUT2D eigenvalue weighted by molar-refractivity contribution is -0.245. The van der Waals surface area contributed by atoms with Crippen LogP contribution in [0.5, 0.6) is 0 Å². The van der Waals surface area contributed by atoms with Crippen molar-refractivity contribution in [2.24, 2.45) is 0 Å². The summed E-state index contributed by atoms with van der Waals surface area (Å²) in [5, 5.41) is 0. The molecule has 0 aromatic heterocycles. The predicted molar refractivity (Wildman–Crippen MR) is 78.1 cm³/mol. The fourth-order valence-electron chi connectivity index (χ4n) is 2.85. The average Bonchev–Trinajstić information content (AvgIpc) is 2.71. The van der Waals surface area contributed by atoms with Gasteiger partial charge < -0.3 is 23.7 Å².